The molecule has 0 saturated carbocycles. The lowest BCUT2D eigenvalue weighted by molar-refractivity contribution is -0.142. The summed E-state index contributed by atoms with van der Waals surface area (Å²) < 4.78 is 20.1. The smallest absolute Gasteiger partial charge is 0.311 e. The van der Waals surface area contributed by atoms with Crippen LogP contribution < -0.4 is 5.32 Å². The van der Waals surface area contributed by atoms with Crippen LogP contribution >= 0.6 is 23.1 Å². The number of rotatable bonds is 9. The molecule has 0 atom stereocenters. The van der Waals surface area contributed by atoms with E-state index in [1.54, 1.807) is 24.4 Å². The summed E-state index contributed by atoms with van der Waals surface area (Å²) in [6.07, 6.45) is 0.0568. The number of ether oxygens (including phenoxy) is 1. The van der Waals surface area contributed by atoms with Crippen molar-refractivity contribution in [1.82, 2.24) is 19.7 Å². The van der Waals surface area contributed by atoms with Crippen LogP contribution in [0.5, 0.6) is 0 Å². The number of esters is 1. The number of amides is 1. The van der Waals surface area contributed by atoms with Crippen LogP contribution in [0.2, 0.25) is 0 Å². The number of carbonyl (C=O) groups is 2. The number of nitrogens with zero attached hydrogens (tertiary/aromatic N) is 4. The van der Waals surface area contributed by atoms with E-state index in [1.165, 1.54) is 35.2 Å². The van der Waals surface area contributed by atoms with Crippen molar-refractivity contribution in [2.75, 3.05) is 17.7 Å². The van der Waals surface area contributed by atoms with Gasteiger partial charge in [-0.15, -0.1) is 21.5 Å². The van der Waals surface area contributed by atoms with E-state index in [4.69, 9.17) is 4.74 Å². The van der Waals surface area contributed by atoms with Crippen molar-refractivity contribution in [2.24, 2.45) is 0 Å². The zero-order chi connectivity index (χ0) is 23.9. The molecule has 11 heteroatoms. The first-order valence-corrected chi connectivity index (χ1v) is 12.2. The Kier molecular flexibility index (Phi) is 7.65. The SMILES string of the molecule is CCOC(=O)Cc1csc(NC(=O)CSc2nnc(-c3ccc(F)cc3)n2-c2ccccc2)n1. The van der Waals surface area contributed by atoms with Crippen molar-refractivity contribution >= 4 is 40.1 Å². The number of hydrogen-bond donors (Lipinski definition) is 1. The predicted octanol–water partition coefficient (Wildman–Crippen LogP) is 4.37. The van der Waals surface area contributed by atoms with Crippen molar-refractivity contribution in [3.05, 3.63) is 71.5 Å². The van der Waals surface area contributed by atoms with Gasteiger partial charge in [0.25, 0.3) is 0 Å². The quantitative estimate of drug-likeness (QED) is 0.271. The van der Waals surface area contributed by atoms with Gasteiger partial charge < -0.3 is 10.1 Å². The second-order valence-corrected chi connectivity index (χ2v) is 8.75. The molecule has 0 aliphatic rings. The molecule has 0 saturated heterocycles. The standard InChI is InChI=1S/C23H20FN5O3S2/c1-2-32-20(31)12-17-13-33-22(25-17)26-19(30)14-34-23-28-27-21(15-8-10-16(24)11-9-15)29(23)18-6-4-3-5-7-18/h3-11,13H,2,12,14H2,1H3,(H,25,26,30). The first kappa shape index (κ1) is 23.6. The molecule has 0 spiro atoms. The van der Waals surface area contributed by atoms with E-state index in [0.29, 0.717) is 34.0 Å². The molecule has 0 aliphatic heterocycles. The monoisotopic (exact) mass is 497 g/mol. The number of nitrogens with one attached hydrogen (secondary N) is 1. The van der Waals surface area contributed by atoms with Crippen molar-refractivity contribution in [2.45, 2.75) is 18.5 Å². The lowest BCUT2D eigenvalue weighted by Gasteiger charge is -2.10. The maximum Gasteiger partial charge on any atom is 0.311 e. The molecule has 34 heavy (non-hydrogen) atoms. The lowest BCUT2D eigenvalue weighted by atomic mass is 10.2. The Morgan fingerprint density at radius 1 is 1.12 bits per heavy atom. The summed E-state index contributed by atoms with van der Waals surface area (Å²) in [5, 5.41) is 13.9. The molecule has 0 aliphatic carbocycles. The Bertz CT molecular complexity index is 1280. The van der Waals surface area contributed by atoms with Gasteiger partial charge in [-0.05, 0) is 43.3 Å². The fourth-order valence-corrected chi connectivity index (χ4v) is 4.53. The molecule has 2 aromatic carbocycles. The fourth-order valence-electron chi connectivity index (χ4n) is 3.05. The summed E-state index contributed by atoms with van der Waals surface area (Å²) in [7, 11) is 0. The van der Waals surface area contributed by atoms with Crippen LogP contribution in [-0.4, -0.2) is 44.0 Å². The number of thioether (sulfide) groups is 1. The molecule has 4 aromatic rings. The highest BCUT2D eigenvalue weighted by Gasteiger charge is 2.18. The molecular formula is C23H20FN5O3S2. The van der Waals surface area contributed by atoms with E-state index in [9.17, 15) is 14.0 Å². The second-order valence-electron chi connectivity index (χ2n) is 6.95. The third-order valence-corrected chi connectivity index (χ3v) is 6.25. The molecule has 0 radical (unpaired) electrons. The van der Waals surface area contributed by atoms with Crippen LogP contribution in [0, 0.1) is 5.82 Å². The molecule has 0 unspecified atom stereocenters. The van der Waals surface area contributed by atoms with Crippen LogP contribution in [0.25, 0.3) is 17.1 Å². The van der Waals surface area contributed by atoms with Crippen LogP contribution in [-0.2, 0) is 20.7 Å². The minimum absolute atomic E-state index is 0.0568. The first-order chi connectivity index (χ1) is 16.5. The van der Waals surface area contributed by atoms with Gasteiger partial charge in [-0.2, -0.15) is 0 Å². The third-order valence-electron chi connectivity index (χ3n) is 4.51. The molecular weight excluding hydrogens is 477 g/mol. The average Bonchev–Trinajstić information content (AvgIpc) is 3.45. The number of anilines is 1. The van der Waals surface area contributed by atoms with E-state index in [2.05, 4.69) is 20.5 Å². The number of hydrogen-bond acceptors (Lipinski definition) is 8. The maximum atomic E-state index is 13.4. The summed E-state index contributed by atoms with van der Waals surface area (Å²) >= 11 is 2.46. The summed E-state index contributed by atoms with van der Waals surface area (Å²) in [4.78, 5) is 28.4. The van der Waals surface area contributed by atoms with Gasteiger partial charge in [0.15, 0.2) is 16.1 Å². The Hall–Kier alpha value is -3.57. The fraction of sp³-hybridized carbons (Fsp3) is 0.174. The first-order valence-electron chi connectivity index (χ1n) is 10.3. The Morgan fingerprint density at radius 3 is 2.62 bits per heavy atom. The normalized spacial score (nSPS) is 10.8. The van der Waals surface area contributed by atoms with E-state index in [1.807, 2.05) is 34.9 Å². The van der Waals surface area contributed by atoms with Crippen molar-refractivity contribution < 1.29 is 18.7 Å². The maximum absolute atomic E-state index is 13.4. The van der Waals surface area contributed by atoms with Crippen LogP contribution in [0.1, 0.15) is 12.6 Å². The van der Waals surface area contributed by atoms with E-state index >= 15 is 0 Å². The molecule has 8 nitrogen and oxygen atoms in total. The van der Waals surface area contributed by atoms with Crippen molar-refractivity contribution in [3.8, 4) is 17.1 Å². The highest BCUT2D eigenvalue weighted by Crippen LogP contribution is 2.28. The molecule has 1 N–H and O–H groups in total. The molecule has 174 valence electrons. The highest BCUT2D eigenvalue weighted by atomic mass is 32.2. The van der Waals surface area contributed by atoms with Crippen molar-refractivity contribution in [3.63, 3.8) is 0 Å². The van der Waals surface area contributed by atoms with E-state index < -0.39 is 0 Å². The number of aromatic nitrogens is 4. The predicted molar refractivity (Wildman–Crippen MR) is 129 cm³/mol. The largest absolute Gasteiger partial charge is 0.466 e. The number of para-hydroxylation sites is 1. The second kappa shape index (κ2) is 11.0. The van der Waals surface area contributed by atoms with Gasteiger partial charge in [-0.1, -0.05) is 30.0 Å². The Morgan fingerprint density at radius 2 is 1.88 bits per heavy atom. The molecule has 1 amide bonds. The zero-order valence-electron chi connectivity index (χ0n) is 18.1. The summed E-state index contributed by atoms with van der Waals surface area (Å²) in [5.41, 5.74) is 2.06. The Balaban J connectivity index is 1.47. The minimum Gasteiger partial charge on any atom is -0.466 e. The van der Waals surface area contributed by atoms with Crippen LogP contribution in [0.3, 0.4) is 0 Å². The van der Waals surface area contributed by atoms with Gasteiger partial charge in [0.1, 0.15) is 5.82 Å². The number of carbonyl (C=O) groups excluding carboxylic acids is 2. The van der Waals surface area contributed by atoms with Gasteiger partial charge in [-0.25, -0.2) is 9.37 Å². The topological polar surface area (TPSA) is 99.0 Å². The van der Waals surface area contributed by atoms with Crippen molar-refractivity contribution in [1.29, 1.82) is 0 Å². The van der Waals surface area contributed by atoms with Gasteiger partial charge in [0, 0.05) is 16.6 Å². The summed E-state index contributed by atoms with van der Waals surface area (Å²) in [6.45, 7) is 2.05. The summed E-state index contributed by atoms with van der Waals surface area (Å²) in [5.74, 6) is -0.362. The Labute approximate surface area is 203 Å². The third kappa shape index (κ3) is 5.86. The zero-order valence-corrected chi connectivity index (χ0v) is 19.7. The lowest BCUT2D eigenvalue weighted by Crippen LogP contribution is -2.15. The molecule has 4 rings (SSSR count). The summed E-state index contributed by atoms with van der Waals surface area (Å²) in [6, 6.07) is 15.5. The van der Waals surface area contributed by atoms with Gasteiger partial charge >= 0.3 is 5.97 Å². The van der Waals surface area contributed by atoms with Gasteiger partial charge in [0.05, 0.1) is 24.5 Å². The number of benzene rings is 2. The highest BCUT2D eigenvalue weighted by molar-refractivity contribution is 7.99. The molecule has 2 aromatic heterocycles. The van der Waals surface area contributed by atoms with Gasteiger partial charge in [0.2, 0.25) is 5.91 Å². The van der Waals surface area contributed by atoms with Crippen LogP contribution in [0.15, 0.2) is 65.1 Å². The minimum atomic E-state index is -0.363. The average molecular weight is 498 g/mol. The van der Waals surface area contributed by atoms with Gasteiger partial charge in [-0.3, -0.25) is 14.2 Å². The molecule has 0 fully saturated rings. The number of halogens is 1. The molecule has 0 bridgehead atoms. The molecule has 2 heterocycles. The van der Waals surface area contributed by atoms with E-state index in [-0.39, 0.29) is 29.9 Å². The van der Waals surface area contributed by atoms with Crippen LogP contribution in [0.4, 0.5) is 9.52 Å². The van der Waals surface area contributed by atoms with E-state index in [0.717, 1.165) is 5.69 Å². The number of thiazole rings is 1.